The lowest BCUT2D eigenvalue weighted by atomic mass is 9.97. The summed E-state index contributed by atoms with van der Waals surface area (Å²) in [5.41, 5.74) is 0.844. The van der Waals surface area contributed by atoms with Crippen LogP contribution < -0.4 is 4.90 Å². The molecule has 1 aromatic heterocycles. The molecule has 0 N–H and O–H groups in total. The number of carbonyl (C=O) groups excluding carboxylic acids is 1. The quantitative estimate of drug-likeness (QED) is 0.578. The molecule has 0 saturated carbocycles. The number of hydrogen-bond acceptors (Lipinski definition) is 5. The predicted molar refractivity (Wildman–Crippen MR) is 116 cm³/mol. The van der Waals surface area contributed by atoms with Crippen LogP contribution >= 0.6 is 22.9 Å². The van der Waals surface area contributed by atoms with Gasteiger partial charge in [0.2, 0.25) is 15.9 Å². The Kier molecular flexibility index (Phi) is 5.80. The van der Waals surface area contributed by atoms with Crippen molar-refractivity contribution in [3.8, 4) is 0 Å². The van der Waals surface area contributed by atoms with E-state index in [1.165, 1.54) is 21.7 Å². The van der Waals surface area contributed by atoms with Crippen LogP contribution in [0.25, 0.3) is 10.2 Å². The summed E-state index contributed by atoms with van der Waals surface area (Å²) < 4.78 is 41.3. The Morgan fingerprint density at radius 1 is 1.23 bits per heavy atom. The second-order valence-electron chi connectivity index (χ2n) is 7.12. The molecule has 1 aliphatic rings. The van der Waals surface area contributed by atoms with E-state index in [1.807, 2.05) is 24.3 Å². The number of piperidine rings is 1. The van der Waals surface area contributed by atoms with Crippen molar-refractivity contribution >= 4 is 54.2 Å². The fourth-order valence-corrected chi connectivity index (χ4v) is 6.18. The summed E-state index contributed by atoms with van der Waals surface area (Å²) in [6.45, 7) is 0.419. The fourth-order valence-electron chi connectivity index (χ4n) is 3.50. The molecule has 1 fully saturated rings. The Hall–Kier alpha value is -2.07. The number of thiazole rings is 1. The normalized spacial score (nSPS) is 16.1. The first kappa shape index (κ1) is 21.2. The highest BCUT2D eigenvalue weighted by atomic mass is 35.5. The number of hydrogen-bond donors (Lipinski definition) is 0. The van der Waals surface area contributed by atoms with E-state index >= 15 is 0 Å². The van der Waals surface area contributed by atoms with Gasteiger partial charge in [-0.3, -0.25) is 9.69 Å². The molecule has 0 spiro atoms. The van der Waals surface area contributed by atoms with Crippen molar-refractivity contribution in [1.29, 1.82) is 0 Å². The first-order valence-electron chi connectivity index (χ1n) is 9.36. The van der Waals surface area contributed by atoms with E-state index in [0.717, 1.165) is 22.3 Å². The molecule has 10 heteroatoms. The molecular formula is C20H19ClFN3O3S2. The predicted octanol–water partition coefficient (Wildman–Crippen LogP) is 4.15. The molecule has 0 atom stereocenters. The molecule has 2 heterocycles. The molecule has 158 valence electrons. The van der Waals surface area contributed by atoms with Crippen molar-refractivity contribution < 1.29 is 17.6 Å². The zero-order chi connectivity index (χ0) is 21.5. The van der Waals surface area contributed by atoms with Gasteiger partial charge >= 0.3 is 0 Å². The zero-order valence-electron chi connectivity index (χ0n) is 16.1. The highest BCUT2D eigenvalue weighted by Gasteiger charge is 2.34. The second kappa shape index (κ2) is 8.22. The zero-order valence-corrected chi connectivity index (χ0v) is 18.5. The van der Waals surface area contributed by atoms with Gasteiger partial charge in [-0.05, 0) is 43.2 Å². The Labute approximate surface area is 182 Å². The highest BCUT2D eigenvalue weighted by Crippen LogP contribution is 2.31. The van der Waals surface area contributed by atoms with E-state index < -0.39 is 15.8 Å². The monoisotopic (exact) mass is 467 g/mol. The van der Waals surface area contributed by atoms with Crippen molar-refractivity contribution in [2.24, 2.45) is 5.92 Å². The molecule has 1 aliphatic heterocycles. The van der Waals surface area contributed by atoms with Crippen LogP contribution in [0.2, 0.25) is 5.02 Å². The fraction of sp³-hybridized carbons (Fsp3) is 0.300. The number of benzene rings is 2. The topological polar surface area (TPSA) is 70.6 Å². The third-order valence-electron chi connectivity index (χ3n) is 5.23. The third-order valence-corrected chi connectivity index (χ3v) is 8.53. The maximum atomic E-state index is 13.4. The largest absolute Gasteiger partial charge is 0.291 e. The van der Waals surface area contributed by atoms with Gasteiger partial charge in [-0.25, -0.2) is 17.8 Å². The smallest absolute Gasteiger partial charge is 0.243 e. The molecule has 3 aromatic rings. The maximum Gasteiger partial charge on any atom is 0.243 e. The van der Waals surface area contributed by atoms with Crippen LogP contribution in [0, 0.1) is 11.7 Å². The maximum absolute atomic E-state index is 13.4. The number of aromatic nitrogens is 1. The first-order valence-corrected chi connectivity index (χ1v) is 12.0. The van der Waals surface area contributed by atoms with Crippen LogP contribution in [0.4, 0.5) is 9.52 Å². The van der Waals surface area contributed by atoms with Gasteiger partial charge in [0.1, 0.15) is 5.82 Å². The van der Waals surface area contributed by atoms with Gasteiger partial charge < -0.3 is 0 Å². The molecule has 1 saturated heterocycles. The number of sulfonamides is 1. The lowest BCUT2D eigenvalue weighted by Gasteiger charge is -2.32. The van der Waals surface area contributed by atoms with Crippen LogP contribution in [0.5, 0.6) is 0 Å². The molecule has 30 heavy (non-hydrogen) atoms. The minimum absolute atomic E-state index is 0.0507. The molecular weight excluding hydrogens is 449 g/mol. The van der Waals surface area contributed by atoms with E-state index in [9.17, 15) is 17.6 Å². The highest BCUT2D eigenvalue weighted by molar-refractivity contribution is 7.89. The van der Waals surface area contributed by atoms with Gasteiger partial charge in [-0.1, -0.05) is 35.1 Å². The second-order valence-corrected chi connectivity index (χ2v) is 10.5. The third kappa shape index (κ3) is 3.94. The van der Waals surface area contributed by atoms with E-state index in [2.05, 4.69) is 4.98 Å². The number of fused-ring (bicyclic) bond motifs is 1. The number of amides is 1. The number of rotatable bonds is 4. The van der Waals surface area contributed by atoms with Crippen molar-refractivity contribution in [3.05, 3.63) is 53.3 Å². The van der Waals surface area contributed by atoms with Crippen LogP contribution in [-0.4, -0.2) is 43.8 Å². The summed E-state index contributed by atoms with van der Waals surface area (Å²) in [5, 5.41) is 0.385. The Bertz CT molecular complexity index is 1170. The molecule has 0 unspecified atom stereocenters. The van der Waals surface area contributed by atoms with Gasteiger partial charge in [0.15, 0.2) is 5.13 Å². The summed E-state index contributed by atoms with van der Waals surface area (Å²) in [4.78, 5) is 19.0. The summed E-state index contributed by atoms with van der Waals surface area (Å²) in [7, 11) is -2.10. The molecule has 1 amide bonds. The SMILES string of the molecule is CN(C(=O)C1CCN(S(=O)(=O)c2ccc(F)c(Cl)c2)CC1)c1nc2ccccc2s1. The van der Waals surface area contributed by atoms with E-state index in [-0.39, 0.29) is 34.8 Å². The van der Waals surface area contributed by atoms with Crippen LogP contribution in [0.1, 0.15) is 12.8 Å². The van der Waals surface area contributed by atoms with Crippen LogP contribution in [-0.2, 0) is 14.8 Å². The first-order chi connectivity index (χ1) is 14.3. The van der Waals surface area contributed by atoms with Crippen molar-refractivity contribution in [3.63, 3.8) is 0 Å². The van der Waals surface area contributed by atoms with E-state index in [0.29, 0.717) is 18.0 Å². The van der Waals surface area contributed by atoms with Crippen LogP contribution in [0.3, 0.4) is 0 Å². The van der Waals surface area contributed by atoms with Crippen molar-refractivity contribution in [2.45, 2.75) is 17.7 Å². The average molecular weight is 468 g/mol. The Balaban J connectivity index is 1.44. The number of halogens is 2. The molecule has 0 aliphatic carbocycles. The number of para-hydroxylation sites is 1. The summed E-state index contributed by atoms with van der Waals surface area (Å²) in [6.07, 6.45) is 0.810. The molecule has 2 aromatic carbocycles. The summed E-state index contributed by atoms with van der Waals surface area (Å²) in [6, 6.07) is 11.0. The van der Waals surface area contributed by atoms with Gasteiger partial charge in [-0.2, -0.15) is 4.31 Å². The van der Waals surface area contributed by atoms with Crippen molar-refractivity contribution in [2.75, 3.05) is 25.0 Å². The van der Waals surface area contributed by atoms with Gasteiger partial charge in [0.05, 0.1) is 20.1 Å². The number of anilines is 1. The number of carbonyl (C=O) groups is 1. The summed E-state index contributed by atoms with van der Waals surface area (Å²) >= 11 is 7.18. The average Bonchev–Trinajstić information content (AvgIpc) is 3.19. The molecule has 0 bridgehead atoms. The van der Waals surface area contributed by atoms with Crippen molar-refractivity contribution in [1.82, 2.24) is 9.29 Å². The van der Waals surface area contributed by atoms with Gasteiger partial charge in [0, 0.05) is 26.1 Å². The summed E-state index contributed by atoms with van der Waals surface area (Å²) in [5.74, 6) is -1.03. The number of nitrogens with zero attached hydrogens (tertiary/aromatic N) is 3. The minimum atomic E-state index is -3.79. The van der Waals surface area contributed by atoms with Gasteiger partial charge in [-0.15, -0.1) is 0 Å². The Morgan fingerprint density at radius 3 is 2.60 bits per heavy atom. The minimum Gasteiger partial charge on any atom is -0.291 e. The van der Waals surface area contributed by atoms with Gasteiger partial charge in [0.25, 0.3) is 0 Å². The van der Waals surface area contributed by atoms with Crippen LogP contribution in [0.15, 0.2) is 47.4 Å². The van der Waals surface area contributed by atoms with E-state index in [1.54, 1.807) is 11.9 Å². The molecule has 6 nitrogen and oxygen atoms in total. The lowest BCUT2D eigenvalue weighted by molar-refractivity contribution is -0.123. The Morgan fingerprint density at radius 2 is 1.93 bits per heavy atom. The lowest BCUT2D eigenvalue weighted by Crippen LogP contribution is -2.43. The standard InChI is InChI=1S/C20H19ClFN3O3S2/c1-24(20-23-17-4-2-3-5-18(17)29-20)19(26)13-8-10-25(11-9-13)30(27,28)14-6-7-16(22)15(21)12-14/h2-7,12-13H,8-11H2,1H3. The molecule has 0 radical (unpaired) electrons. The molecule has 4 rings (SSSR count). The van der Waals surface area contributed by atoms with E-state index in [4.69, 9.17) is 11.6 Å².